The molecule has 1 saturated heterocycles. The van der Waals surface area contributed by atoms with Crippen LogP contribution in [-0.2, 0) is 4.79 Å². The molecule has 0 spiro atoms. The van der Waals surface area contributed by atoms with Crippen LogP contribution < -0.4 is 10.1 Å². The first-order valence-electron chi connectivity index (χ1n) is 11.0. The number of fused-ring (bicyclic) bond motifs is 1. The first-order valence-corrected chi connectivity index (χ1v) is 11.0. The minimum absolute atomic E-state index is 0.125. The fourth-order valence-electron chi connectivity index (χ4n) is 4.38. The van der Waals surface area contributed by atoms with E-state index in [0.29, 0.717) is 42.8 Å². The van der Waals surface area contributed by atoms with Gasteiger partial charge in [-0.05, 0) is 55.0 Å². The molecule has 1 fully saturated rings. The predicted octanol–water partition coefficient (Wildman–Crippen LogP) is 4.86. The van der Waals surface area contributed by atoms with E-state index >= 15 is 0 Å². The minimum Gasteiger partial charge on any atom is -0.496 e. The molecule has 0 unspecified atom stereocenters. The number of hydrogen-bond donors (Lipinski definition) is 1. The molecule has 0 aliphatic carbocycles. The lowest BCUT2D eigenvalue weighted by Gasteiger charge is -2.33. The molecule has 5 nitrogen and oxygen atoms in total. The summed E-state index contributed by atoms with van der Waals surface area (Å²) in [4.78, 5) is 28.0. The van der Waals surface area contributed by atoms with E-state index in [1.54, 1.807) is 31.1 Å². The molecule has 2 atom stereocenters. The fourth-order valence-corrected chi connectivity index (χ4v) is 4.38. The molecule has 1 N–H and O–H groups in total. The van der Waals surface area contributed by atoms with Crippen molar-refractivity contribution in [3.8, 4) is 5.75 Å². The lowest BCUT2D eigenvalue weighted by Crippen LogP contribution is -2.45. The molecule has 2 amide bonds. The van der Waals surface area contributed by atoms with Gasteiger partial charge in [-0.1, -0.05) is 30.3 Å². The van der Waals surface area contributed by atoms with Gasteiger partial charge < -0.3 is 15.0 Å². The Morgan fingerprint density at radius 1 is 1.06 bits per heavy atom. The van der Waals surface area contributed by atoms with E-state index in [1.165, 1.54) is 6.07 Å². The number of carbonyl (C=O) groups excluding carboxylic acids is 2. The molecular formula is C26H26F2N2O3. The topological polar surface area (TPSA) is 58.6 Å². The second kappa shape index (κ2) is 9.57. The highest BCUT2D eigenvalue weighted by Gasteiger charge is 2.30. The largest absolute Gasteiger partial charge is 0.496 e. The van der Waals surface area contributed by atoms with Crippen LogP contribution in [-0.4, -0.2) is 36.9 Å². The molecule has 4 rings (SSSR count). The third kappa shape index (κ3) is 4.67. The van der Waals surface area contributed by atoms with E-state index in [0.717, 1.165) is 22.9 Å². The number of nitrogens with zero attached hydrogens (tertiary/aromatic N) is 1. The lowest BCUT2D eigenvalue weighted by molar-refractivity contribution is -0.127. The van der Waals surface area contributed by atoms with Crippen molar-refractivity contribution in [1.29, 1.82) is 0 Å². The van der Waals surface area contributed by atoms with E-state index in [4.69, 9.17) is 4.74 Å². The van der Waals surface area contributed by atoms with Gasteiger partial charge in [-0.25, -0.2) is 8.78 Å². The van der Waals surface area contributed by atoms with E-state index in [1.807, 2.05) is 24.3 Å². The normalized spacial score (nSPS) is 17.0. The van der Waals surface area contributed by atoms with Crippen LogP contribution in [0, 0.1) is 17.6 Å². The molecule has 1 aliphatic rings. The number of piperidine rings is 1. The van der Waals surface area contributed by atoms with Gasteiger partial charge in [0.1, 0.15) is 5.75 Å². The zero-order chi connectivity index (χ0) is 23.5. The van der Waals surface area contributed by atoms with E-state index in [-0.39, 0.29) is 17.7 Å². The highest BCUT2D eigenvalue weighted by Crippen LogP contribution is 2.30. The number of ether oxygens (including phenoxy) is 1. The Labute approximate surface area is 191 Å². The van der Waals surface area contributed by atoms with Crippen molar-refractivity contribution in [3.63, 3.8) is 0 Å². The Kier molecular flexibility index (Phi) is 6.58. The van der Waals surface area contributed by atoms with E-state index in [2.05, 4.69) is 5.32 Å². The van der Waals surface area contributed by atoms with Gasteiger partial charge in [0.05, 0.1) is 19.1 Å². The van der Waals surface area contributed by atoms with Crippen LogP contribution in [0.25, 0.3) is 10.8 Å². The summed E-state index contributed by atoms with van der Waals surface area (Å²) in [6.45, 7) is 2.59. The monoisotopic (exact) mass is 452 g/mol. The highest BCUT2D eigenvalue weighted by atomic mass is 19.2. The fraction of sp³-hybridized carbons (Fsp3) is 0.308. The summed E-state index contributed by atoms with van der Waals surface area (Å²) >= 11 is 0. The molecule has 3 aromatic carbocycles. The third-order valence-corrected chi connectivity index (χ3v) is 6.22. The average molecular weight is 453 g/mol. The zero-order valence-corrected chi connectivity index (χ0v) is 18.6. The first kappa shape index (κ1) is 22.7. The SMILES string of the molecule is COc1ccc(C(=O)N2CCC[C@H](C(=O)N[C@@H](C)c3ccc(F)c(F)c3)C2)c2ccccc12. The van der Waals surface area contributed by atoms with E-state index < -0.39 is 17.7 Å². The first-order chi connectivity index (χ1) is 15.9. The molecule has 0 saturated carbocycles. The molecule has 0 aromatic heterocycles. The number of rotatable bonds is 5. The molecule has 7 heteroatoms. The number of benzene rings is 3. The average Bonchev–Trinajstić information content (AvgIpc) is 2.84. The zero-order valence-electron chi connectivity index (χ0n) is 18.6. The number of nitrogens with one attached hydrogen (secondary N) is 1. The molecule has 0 bridgehead atoms. The van der Waals surface area contributed by atoms with Gasteiger partial charge in [-0.3, -0.25) is 9.59 Å². The summed E-state index contributed by atoms with van der Waals surface area (Å²) < 4.78 is 32.2. The summed E-state index contributed by atoms with van der Waals surface area (Å²) in [6, 6.07) is 14.2. The van der Waals surface area contributed by atoms with Gasteiger partial charge in [-0.2, -0.15) is 0 Å². The maximum atomic E-state index is 13.6. The van der Waals surface area contributed by atoms with Crippen LogP contribution in [0.2, 0.25) is 0 Å². The second-order valence-electron chi connectivity index (χ2n) is 8.36. The minimum atomic E-state index is -0.949. The van der Waals surface area contributed by atoms with Crippen molar-refractivity contribution in [3.05, 3.63) is 77.4 Å². The van der Waals surface area contributed by atoms with Crippen molar-refractivity contribution < 1.29 is 23.1 Å². The van der Waals surface area contributed by atoms with Crippen LogP contribution in [0.15, 0.2) is 54.6 Å². The van der Waals surface area contributed by atoms with Crippen molar-refractivity contribution in [2.75, 3.05) is 20.2 Å². The van der Waals surface area contributed by atoms with Gasteiger partial charge in [0.15, 0.2) is 11.6 Å². The van der Waals surface area contributed by atoms with Crippen molar-refractivity contribution in [2.45, 2.75) is 25.8 Å². The van der Waals surface area contributed by atoms with Gasteiger partial charge in [-0.15, -0.1) is 0 Å². The number of amides is 2. The Morgan fingerprint density at radius 3 is 2.55 bits per heavy atom. The van der Waals surface area contributed by atoms with Gasteiger partial charge in [0, 0.05) is 24.0 Å². The standard InChI is InChI=1S/C26H26F2N2O3/c1-16(17-9-11-22(27)23(28)14-17)29-25(31)18-6-5-13-30(15-18)26(32)21-10-12-24(33-2)20-8-4-3-7-19(20)21/h3-4,7-12,14,16,18H,5-6,13,15H2,1-2H3,(H,29,31)/t16-,18-/m0/s1. The molecular weight excluding hydrogens is 426 g/mol. The van der Waals surface area contributed by atoms with Crippen LogP contribution in [0.3, 0.4) is 0 Å². The number of methoxy groups -OCH3 is 1. The number of halogens is 2. The second-order valence-corrected chi connectivity index (χ2v) is 8.36. The Morgan fingerprint density at radius 2 is 1.82 bits per heavy atom. The summed E-state index contributed by atoms with van der Waals surface area (Å²) in [5, 5.41) is 4.54. The predicted molar refractivity (Wildman–Crippen MR) is 122 cm³/mol. The quantitative estimate of drug-likeness (QED) is 0.602. The summed E-state index contributed by atoms with van der Waals surface area (Å²) in [5.74, 6) is -1.88. The van der Waals surface area contributed by atoms with Crippen molar-refractivity contribution in [2.24, 2.45) is 5.92 Å². The molecule has 33 heavy (non-hydrogen) atoms. The Balaban J connectivity index is 1.48. The Bertz CT molecular complexity index is 1200. The molecule has 172 valence electrons. The van der Waals surface area contributed by atoms with Gasteiger partial charge in [0.2, 0.25) is 5.91 Å². The maximum absolute atomic E-state index is 13.6. The van der Waals surface area contributed by atoms with Crippen LogP contribution in [0.5, 0.6) is 5.75 Å². The Hall–Kier alpha value is -3.48. The van der Waals surface area contributed by atoms with Crippen molar-refractivity contribution in [1.82, 2.24) is 10.2 Å². The van der Waals surface area contributed by atoms with E-state index in [9.17, 15) is 18.4 Å². The lowest BCUT2D eigenvalue weighted by atomic mass is 9.95. The summed E-state index contributed by atoms with van der Waals surface area (Å²) in [7, 11) is 1.60. The molecule has 0 radical (unpaired) electrons. The maximum Gasteiger partial charge on any atom is 0.254 e. The van der Waals surface area contributed by atoms with Crippen LogP contribution in [0.4, 0.5) is 8.78 Å². The molecule has 1 heterocycles. The van der Waals surface area contributed by atoms with Crippen LogP contribution in [0.1, 0.15) is 41.7 Å². The van der Waals surface area contributed by atoms with Crippen molar-refractivity contribution >= 4 is 22.6 Å². The smallest absolute Gasteiger partial charge is 0.254 e. The summed E-state index contributed by atoms with van der Waals surface area (Å²) in [6.07, 6.45) is 1.36. The number of likely N-dealkylation sites (tertiary alicyclic amines) is 1. The number of hydrogen-bond acceptors (Lipinski definition) is 3. The van der Waals surface area contributed by atoms with Gasteiger partial charge in [0.25, 0.3) is 5.91 Å². The van der Waals surface area contributed by atoms with Gasteiger partial charge >= 0.3 is 0 Å². The molecule has 1 aliphatic heterocycles. The summed E-state index contributed by atoms with van der Waals surface area (Å²) in [5.41, 5.74) is 1.05. The highest BCUT2D eigenvalue weighted by molar-refractivity contribution is 6.08. The number of carbonyl (C=O) groups is 2. The molecule has 3 aromatic rings. The third-order valence-electron chi connectivity index (χ3n) is 6.22. The van der Waals surface area contributed by atoms with Crippen LogP contribution >= 0.6 is 0 Å².